The van der Waals surface area contributed by atoms with Crippen molar-refractivity contribution in [3.05, 3.63) is 185 Å². The molecule has 0 aliphatic heterocycles. The van der Waals surface area contributed by atoms with E-state index >= 15 is 0 Å². The van der Waals surface area contributed by atoms with Gasteiger partial charge in [-0.3, -0.25) is 6.08 Å². The summed E-state index contributed by atoms with van der Waals surface area (Å²) in [6.07, 6.45) is 9.38. The molecular formula is C45H44Cl2Zr-2. The minimum absolute atomic E-state index is 0. The van der Waals surface area contributed by atoms with Crippen LogP contribution in [0.2, 0.25) is 0 Å². The normalized spacial score (nSPS) is 12.5. The number of hydrogen-bond acceptors (Lipinski definition) is 0. The molecule has 0 atom stereocenters. The molecule has 5 aromatic rings. The van der Waals surface area contributed by atoms with Gasteiger partial charge in [0, 0.05) is 0 Å². The van der Waals surface area contributed by atoms with Gasteiger partial charge in [0.15, 0.2) is 0 Å². The van der Waals surface area contributed by atoms with Crippen LogP contribution in [0.15, 0.2) is 133 Å². The number of hydrogen-bond donors (Lipinski definition) is 0. The standard InChI is InChI=1S/C21H25.C13H10.C11H9.2ClH.Zr/c1-20(2,3)16-7-9-18-14(12-16)11-15-13-17(21(4,5)6)8-10-19(15)18;1-3-7-12(8-4-1)11-13-9-5-2-6-10-13;1-2-6-10(7-3-1)11-8-4-5-9-11;;;/h7-10,12H,11H2,1-6H3;1-10H;1-3,6-9H,4H2;2*1H;/q-1;;-1;;;+2/p-2. The third-order valence-corrected chi connectivity index (χ3v) is 9.81. The second-order valence-electron chi connectivity index (χ2n) is 14.0. The van der Waals surface area contributed by atoms with Crippen LogP contribution in [0.4, 0.5) is 0 Å². The van der Waals surface area contributed by atoms with E-state index in [1.807, 2.05) is 6.07 Å². The zero-order valence-corrected chi connectivity index (χ0v) is 32.8. The first-order chi connectivity index (χ1) is 22.0. The molecule has 0 unspecified atom stereocenters. The van der Waals surface area contributed by atoms with Gasteiger partial charge in [0.25, 0.3) is 0 Å². The number of rotatable bonds is 3. The Balaban J connectivity index is 0.000000202. The average Bonchev–Trinajstić information content (AvgIpc) is 3.74. The third-order valence-electron chi connectivity index (χ3n) is 8.39. The Morgan fingerprint density at radius 1 is 0.625 bits per heavy atom. The Hall–Kier alpha value is -3.09. The fourth-order valence-electron chi connectivity index (χ4n) is 5.63. The zero-order valence-electron chi connectivity index (χ0n) is 28.9. The molecule has 7 rings (SSSR count). The summed E-state index contributed by atoms with van der Waals surface area (Å²) in [5.41, 5.74) is 14.0. The molecule has 0 heterocycles. The molecule has 0 saturated heterocycles. The molecule has 0 saturated carbocycles. The summed E-state index contributed by atoms with van der Waals surface area (Å²) in [5.74, 6) is 0. The summed E-state index contributed by atoms with van der Waals surface area (Å²) >= 11 is 1.46. The average molecular weight is 747 g/mol. The quantitative estimate of drug-likeness (QED) is 0.216. The van der Waals surface area contributed by atoms with Gasteiger partial charge in [-0.15, -0.1) is 23.1 Å². The van der Waals surface area contributed by atoms with Crippen LogP contribution >= 0.6 is 0 Å². The fourth-order valence-corrected chi connectivity index (χ4v) is 6.45. The molecule has 0 N–H and O–H groups in total. The van der Waals surface area contributed by atoms with Gasteiger partial charge in [-0.2, -0.15) is 35.4 Å². The summed E-state index contributed by atoms with van der Waals surface area (Å²) in [4.78, 5) is 0. The van der Waals surface area contributed by atoms with Gasteiger partial charge in [0.05, 0.1) is 0 Å². The molecule has 0 aromatic heterocycles. The van der Waals surface area contributed by atoms with Crippen molar-refractivity contribution in [3.8, 4) is 11.1 Å². The van der Waals surface area contributed by atoms with Crippen molar-refractivity contribution in [3.63, 3.8) is 0 Å². The summed E-state index contributed by atoms with van der Waals surface area (Å²) in [6.45, 7) is 13.6. The number of halogens is 2. The topological polar surface area (TPSA) is 0 Å². The maximum atomic E-state index is 3.67. The molecule has 0 bridgehead atoms. The Bertz CT molecular complexity index is 1740. The van der Waals surface area contributed by atoms with Crippen molar-refractivity contribution in [2.24, 2.45) is 0 Å². The van der Waals surface area contributed by atoms with E-state index in [0.717, 1.165) is 12.8 Å². The van der Waals surface area contributed by atoms with Crippen molar-refractivity contribution in [2.45, 2.75) is 65.2 Å². The van der Waals surface area contributed by atoms with E-state index in [-0.39, 0.29) is 35.6 Å². The van der Waals surface area contributed by atoms with Gasteiger partial charge in [0.1, 0.15) is 0 Å². The van der Waals surface area contributed by atoms with Crippen LogP contribution in [0.1, 0.15) is 86.9 Å². The Morgan fingerprint density at radius 2 is 1.17 bits per heavy atom. The third kappa shape index (κ3) is 10.2. The van der Waals surface area contributed by atoms with Crippen molar-refractivity contribution >= 4 is 8.78 Å². The molecule has 244 valence electrons. The predicted molar refractivity (Wildman–Crippen MR) is 194 cm³/mol. The zero-order chi connectivity index (χ0) is 32.7. The summed E-state index contributed by atoms with van der Waals surface area (Å²) in [6, 6.07) is 46.7. The van der Waals surface area contributed by atoms with Crippen LogP contribution in [-0.4, -0.2) is 3.21 Å². The monoisotopic (exact) mass is 744 g/mol. The molecule has 2 aliphatic rings. The van der Waals surface area contributed by atoms with Crippen molar-refractivity contribution in [1.29, 1.82) is 0 Å². The van der Waals surface area contributed by atoms with E-state index in [4.69, 9.17) is 0 Å². The van der Waals surface area contributed by atoms with Gasteiger partial charge in [-0.1, -0.05) is 95.6 Å². The Morgan fingerprint density at radius 3 is 1.67 bits per heavy atom. The van der Waals surface area contributed by atoms with Crippen LogP contribution in [0.5, 0.6) is 0 Å². The molecule has 0 nitrogen and oxygen atoms in total. The van der Waals surface area contributed by atoms with Crippen LogP contribution < -0.4 is 24.8 Å². The number of allylic oxidation sites excluding steroid dienone is 4. The second-order valence-corrected chi connectivity index (χ2v) is 15.2. The second kappa shape index (κ2) is 17.5. The van der Waals surface area contributed by atoms with Crippen molar-refractivity contribution in [1.82, 2.24) is 0 Å². The van der Waals surface area contributed by atoms with Crippen LogP contribution in [0, 0.1) is 12.1 Å². The van der Waals surface area contributed by atoms with E-state index in [0.29, 0.717) is 0 Å². The van der Waals surface area contributed by atoms with Gasteiger partial charge in [0.2, 0.25) is 0 Å². The summed E-state index contributed by atoms with van der Waals surface area (Å²) in [7, 11) is 0. The minimum atomic E-state index is 0. The van der Waals surface area contributed by atoms with Crippen LogP contribution in [0.3, 0.4) is 0 Å². The van der Waals surface area contributed by atoms with E-state index in [1.54, 1.807) is 0 Å². The van der Waals surface area contributed by atoms with Crippen molar-refractivity contribution in [2.75, 3.05) is 0 Å². The van der Waals surface area contributed by atoms with Gasteiger partial charge >= 0.3 is 99.2 Å². The first-order valence-corrected chi connectivity index (χ1v) is 17.4. The maximum absolute atomic E-state index is 3.67. The van der Waals surface area contributed by atoms with Gasteiger partial charge < -0.3 is 24.8 Å². The van der Waals surface area contributed by atoms with Gasteiger partial charge in [-0.05, 0) is 28.4 Å². The molecule has 0 radical (unpaired) electrons. The van der Waals surface area contributed by atoms with Crippen molar-refractivity contribution < 1.29 is 49.0 Å². The predicted octanol–water partition coefficient (Wildman–Crippen LogP) is 5.30. The number of benzene rings is 5. The SMILES string of the molecule is CC(C)(C)c1[c-]c2c(cc1)-c1ccc(C(C)(C)C)cc1C2.[C-]1=CC(c2ccccc2)=CC1.[Cl-].[Cl-].[Zr+2]=[C](c1ccccc1)c1ccccc1. The molecule has 3 heteroatoms. The first kappa shape index (κ1) is 39.4. The fraction of sp³-hybridized carbons (Fsp3) is 0.222. The van der Waals surface area contributed by atoms with E-state index in [9.17, 15) is 0 Å². The Labute approximate surface area is 316 Å². The molecule has 0 fully saturated rings. The van der Waals surface area contributed by atoms with Crippen LogP contribution in [0.25, 0.3) is 16.7 Å². The number of fused-ring (bicyclic) bond motifs is 3. The first-order valence-electron chi connectivity index (χ1n) is 16.2. The Kier molecular flexibility index (Phi) is 14.4. The molecule has 0 spiro atoms. The summed E-state index contributed by atoms with van der Waals surface area (Å²) in [5, 5.41) is 0. The van der Waals surface area contributed by atoms with E-state index in [1.165, 1.54) is 83.1 Å². The molecule has 5 aromatic carbocycles. The molecular weight excluding hydrogens is 703 g/mol. The van der Waals surface area contributed by atoms with Gasteiger partial charge in [-0.25, -0.2) is 6.08 Å². The van der Waals surface area contributed by atoms with E-state index < -0.39 is 0 Å². The molecule has 2 aliphatic carbocycles. The molecule has 0 amide bonds. The van der Waals surface area contributed by atoms with Crippen LogP contribution in [-0.2, 0) is 41.5 Å². The summed E-state index contributed by atoms with van der Waals surface area (Å²) < 4.78 is 1.42. The molecule has 48 heavy (non-hydrogen) atoms. The van der Waals surface area contributed by atoms with E-state index in [2.05, 4.69) is 181 Å².